The first-order chi connectivity index (χ1) is 12.0. The molecule has 2 heterocycles. The van der Waals surface area contributed by atoms with Gasteiger partial charge >= 0.3 is 5.97 Å². The van der Waals surface area contributed by atoms with Gasteiger partial charge in [-0.3, -0.25) is 0 Å². The molecule has 2 aromatic rings. The Morgan fingerprint density at radius 1 is 1.32 bits per heavy atom. The number of hydrogen-bond donors (Lipinski definition) is 0. The first kappa shape index (κ1) is 17.4. The van der Waals surface area contributed by atoms with Crippen molar-refractivity contribution in [2.45, 2.75) is 32.7 Å². The summed E-state index contributed by atoms with van der Waals surface area (Å²) in [5, 5.41) is 3.72. The summed E-state index contributed by atoms with van der Waals surface area (Å²) in [6.07, 6.45) is -0.0870. The Bertz CT molecular complexity index is 721. The average Bonchev–Trinajstić information content (AvgIpc) is 3.20. The number of nitrogens with zero attached hydrogens (tertiary/aromatic N) is 1. The standard InChI is InChI=1S/C18H21NO6/c1-4-21-17(20)15-9-16(25-19-15)12-5-7-13(8-6-12)22-10-14-11-23-18(2,3)24-14/h5-9,14H,4,10-11H2,1-3H3. The molecule has 0 amide bonds. The molecule has 3 rings (SSSR count). The molecule has 0 saturated carbocycles. The Kier molecular flexibility index (Phi) is 5.06. The minimum atomic E-state index is -0.555. The normalized spacial score (nSPS) is 18.9. The van der Waals surface area contributed by atoms with Gasteiger partial charge in [0.25, 0.3) is 0 Å². The van der Waals surface area contributed by atoms with Gasteiger partial charge in [-0.1, -0.05) is 5.16 Å². The predicted octanol–water partition coefficient (Wildman–Crippen LogP) is 3.05. The SMILES string of the molecule is CCOC(=O)c1cc(-c2ccc(OCC3COC(C)(C)O3)cc2)on1. The molecule has 0 radical (unpaired) electrons. The van der Waals surface area contributed by atoms with Gasteiger partial charge in [-0.15, -0.1) is 0 Å². The van der Waals surface area contributed by atoms with Crippen molar-refractivity contribution in [3.8, 4) is 17.1 Å². The molecule has 0 bridgehead atoms. The summed E-state index contributed by atoms with van der Waals surface area (Å²) in [6, 6.07) is 8.87. The maximum absolute atomic E-state index is 11.6. The van der Waals surface area contributed by atoms with Gasteiger partial charge in [0.1, 0.15) is 18.5 Å². The number of carbonyl (C=O) groups is 1. The van der Waals surface area contributed by atoms with E-state index in [1.165, 1.54) is 0 Å². The molecular formula is C18H21NO6. The fraction of sp³-hybridized carbons (Fsp3) is 0.444. The minimum absolute atomic E-state index is 0.0870. The quantitative estimate of drug-likeness (QED) is 0.743. The first-order valence-electron chi connectivity index (χ1n) is 8.15. The van der Waals surface area contributed by atoms with Crippen LogP contribution in [0.25, 0.3) is 11.3 Å². The van der Waals surface area contributed by atoms with Crippen molar-refractivity contribution >= 4 is 5.97 Å². The molecule has 0 N–H and O–H groups in total. The van der Waals surface area contributed by atoms with E-state index in [0.717, 1.165) is 5.56 Å². The zero-order valence-electron chi connectivity index (χ0n) is 14.5. The Hall–Kier alpha value is -2.38. The second kappa shape index (κ2) is 7.25. The van der Waals surface area contributed by atoms with E-state index in [2.05, 4.69) is 5.16 Å². The van der Waals surface area contributed by atoms with Gasteiger partial charge in [0.2, 0.25) is 0 Å². The molecule has 134 valence electrons. The lowest BCUT2D eigenvalue weighted by atomic mass is 10.1. The van der Waals surface area contributed by atoms with Crippen LogP contribution in [0.4, 0.5) is 0 Å². The van der Waals surface area contributed by atoms with Crippen LogP contribution in [0.2, 0.25) is 0 Å². The Morgan fingerprint density at radius 2 is 2.08 bits per heavy atom. The third-order valence-corrected chi connectivity index (χ3v) is 3.64. The molecule has 1 aliphatic heterocycles. The fourth-order valence-electron chi connectivity index (χ4n) is 2.46. The predicted molar refractivity (Wildman–Crippen MR) is 88.3 cm³/mol. The van der Waals surface area contributed by atoms with E-state index in [9.17, 15) is 4.79 Å². The monoisotopic (exact) mass is 347 g/mol. The Balaban J connectivity index is 1.58. The molecule has 1 atom stereocenters. The average molecular weight is 347 g/mol. The minimum Gasteiger partial charge on any atom is -0.491 e. The summed E-state index contributed by atoms with van der Waals surface area (Å²) < 4.78 is 27.0. The second-order valence-electron chi connectivity index (χ2n) is 6.08. The number of hydrogen-bond acceptors (Lipinski definition) is 7. The van der Waals surface area contributed by atoms with Crippen molar-refractivity contribution in [1.29, 1.82) is 0 Å². The number of carbonyl (C=O) groups excluding carboxylic acids is 1. The Labute approximate surface area is 145 Å². The van der Waals surface area contributed by atoms with Gasteiger partial charge in [-0.25, -0.2) is 4.79 Å². The lowest BCUT2D eigenvalue weighted by Crippen LogP contribution is -2.25. The number of rotatable bonds is 6. The molecule has 0 aliphatic carbocycles. The molecule has 1 aliphatic rings. The van der Waals surface area contributed by atoms with Gasteiger partial charge in [0.05, 0.1) is 13.2 Å². The molecule has 1 saturated heterocycles. The van der Waals surface area contributed by atoms with E-state index < -0.39 is 11.8 Å². The van der Waals surface area contributed by atoms with E-state index >= 15 is 0 Å². The molecular weight excluding hydrogens is 326 g/mol. The van der Waals surface area contributed by atoms with Crippen LogP contribution in [0.15, 0.2) is 34.9 Å². The highest BCUT2D eigenvalue weighted by Gasteiger charge is 2.32. The molecule has 25 heavy (non-hydrogen) atoms. The van der Waals surface area contributed by atoms with Gasteiger partial charge in [0.15, 0.2) is 17.2 Å². The second-order valence-corrected chi connectivity index (χ2v) is 6.08. The maximum Gasteiger partial charge on any atom is 0.360 e. The molecule has 1 fully saturated rings. The van der Waals surface area contributed by atoms with Crippen molar-refractivity contribution in [3.05, 3.63) is 36.0 Å². The zero-order valence-corrected chi connectivity index (χ0v) is 14.5. The number of ether oxygens (including phenoxy) is 4. The number of benzene rings is 1. The first-order valence-corrected chi connectivity index (χ1v) is 8.15. The van der Waals surface area contributed by atoms with Crippen LogP contribution in [-0.2, 0) is 14.2 Å². The van der Waals surface area contributed by atoms with Crippen LogP contribution < -0.4 is 4.74 Å². The van der Waals surface area contributed by atoms with E-state index in [1.807, 2.05) is 38.1 Å². The van der Waals surface area contributed by atoms with Crippen molar-refractivity contribution in [1.82, 2.24) is 5.16 Å². The van der Waals surface area contributed by atoms with Crippen LogP contribution in [0.5, 0.6) is 5.75 Å². The van der Waals surface area contributed by atoms with E-state index in [1.54, 1.807) is 13.0 Å². The topological polar surface area (TPSA) is 80.0 Å². The highest BCUT2D eigenvalue weighted by molar-refractivity contribution is 5.88. The molecule has 1 unspecified atom stereocenters. The summed E-state index contributed by atoms with van der Waals surface area (Å²) in [7, 11) is 0. The van der Waals surface area contributed by atoms with Gasteiger partial charge < -0.3 is 23.5 Å². The molecule has 0 spiro atoms. The lowest BCUT2D eigenvalue weighted by Gasteiger charge is -2.17. The van der Waals surface area contributed by atoms with Gasteiger partial charge in [0, 0.05) is 11.6 Å². The summed E-state index contributed by atoms with van der Waals surface area (Å²) >= 11 is 0. The van der Waals surface area contributed by atoms with E-state index in [-0.39, 0.29) is 11.8 Å². The zero-order chi connectivity index (χ0) is 17.9. The van der Waals surface area contributed by atoms with Crippen LogP contribution in [-0.4, -0.2) is 42.8 Å². The highest BCUT2D eigenvalue weighted by atomic mass is 16.7. The summed E-state index contributed by atoms with van der Waals surface area (Å²) in [6.45, 7) is 6.71. The Morgan fingerprint density at radius 3 is 2.72 bits per heavy atom. The molecule has 1 aromatic carbocycles. The molecule has 7 nitrogen and oxygen atoms in total. The van der Waals surface area contributed by atoms with Crippen molar-refractivity contribution < 1.29 is 28.3 Å². The van der Waals surface area contributed by atoms with Crippen LogP contribution in [0.1, 0.15) is 31.3 Å². The molecule has 1 aromatic heterocycles. The summed E-state index contributed by atoms with van der Waals surface area (Å²) in [5.41, 5.74) is 0.940. The van der Waals surface area contributed by atoms with Crippen molar-refractivity contribution in [3.63, 3.8) is 0 Å². The van der Waals surface area contributed by atoms with Crippen LogP contribution in [0, 0.1) is 0 Å². The smallest absolute Gasteiger partial charge is 0.360 e. The van der Waals surface area contributed by atoms with Gasteiger partial charge in [-0.05, 0) is 45.0 Å². The van der Waals surface area contributed by atoms with Crippen LogP contribution in [0.3, 0.4) is 0 Å². The van der Waals surface area contributed by atoms with Crippen molar-refractivity contribution in [2.24, 2.45) is 0 Å². The van der Waals surface area contributed by atoms with Crippen LogP contribution >= 0.6 is 0 Å². The summed E-state index contributed by atoms with van der Waals surface area (Å²) in [5.74, 6) is 0.145. The maximum atomic E-state index is 11.6. The van der Waals surface area contributed by atoms with E-state index in [4.69, 9.17) is 23.5 Å². The fourth-order valence-corrected chi connectivity index (χ4v) is 2.46. The van der Waals surface area contributed by atoms with Gasteiger partial charge in [-0.2, -0.15) is 0 Å². The van der Waals surface area contributed by atoms with E-state index in [0.29, 0.717) is 31.3 Å². The van der Waals surface area contributed by atoms with Crippen molar-refractivity contribution in [2.75, 3.05) is 19.8 Å². The lowest BCUT2D eigenvalue weighted by molar-refractivity contribution is -0.141. The molecule has 7 heteroatoms. The third kappa shape index (κ3) is 4.37. The highest BCUT2D eigenvalue weighted by Crippen LogP contribution is 2.25. The number of aromatic nitrogens is 1. The third-order valence-electron chi connectivity index (χ3n) is 3.64. The number of esters is 1. The summed E-state index contributed by atoms with van der Waals surface area (Å²) in [4.78, 5) is 11.6. The largest absolute Gasteiger partial charge is 0.491 e.